The van der Waals surface area contributed by atoms with Crippen molar-refractivity contribution in [3.05, 3.63) is 0 Å². The maximum atomic E-state index is 9.12. The minimum Gasteiger partial charge on any atom is -0.394 e. The molecule has 3 unspecified atom stereocenters. The van der Waals surface area contributed by atoms with Crippen LogP contribution in [-0.4, -0.2) is 63.3 Å². The molecular weight excluding hydrogens is 180 g/mol. The zero-order chi connectivity index (χ0) is 10.4. The van der Waals surface area contributed by atoms with Crippen LogP contribution < -0.4 is 0 Å². The molecule has 0 fully saturated rings. The van der Waals surface area contributed by atoms with Gasteiger partial charge in [0.15, 0.2) is 6.29 Å². The first kappa shape index (κ1) is 12.8. The van der Waals surface area contributed by atoms with Crippen LogP contribution in [-0.2, 0) is 4.74 Å². The van der Waals surface area contributed by atoms with Crippen LogP contribution in [0.2, 0.25) is 0 Å². The van der Waals surface area contributed by atoms with E-state index in [0.29, 0.717) is 0 Å². The highest BCUT2D eigenvalue weighted by atomic mass is 16.6. The predicted molar refractivity (Wildman–Crippen MR) is 42.7 cm³/mol. The number of ether oxygens (including phenoxy) is 1. The van der Waals surface area contributed by atoms with Crippen molar-refractivity contribution in [1.29, 1.82) is 0 Å². The van der Waals surface area contributed by atoms with Crippen LogP contribution in [0.5, 0.6) is 0 Å². The second kappa shape index (κ2) is 6.25. The predicted octanol–water partition coefficient (Wildman–Crippen LogP) is -2.58. The Kier molecular flexibility index (Phi) is 6.13. The Balaban J connectivity index is 3.86. The van der Waals surface area contributed by atoms with E-state index in [2.05, 4.69) is 4.74 Å². The summed E-state index contributed by atoms with van der Waals surface area (Å²) in [7, 11) is 0. The van der Waals surface area contributed by atoms with Gasteiger partial charge in [0.25, 0.3) is 0 Å². The Bertz CT molecular complexity index is 128. The van der Waals surface area contributed by atoms with E-state index in [0.717, 1.165) is 0 Å². The fourth-order valence-electron chi connectivity index (χ4n) is 0.726. The summed E-state index contributed by atoms with van der Waals surface area (Å²) >= 11 is 0. The Morgan fingerprint density at radius 3 is 2.00 bits per heavy atom. The standard InChI is InChI=1S/C7H16O6/c1-4(9)5(10)6(11)7(12)13-3-2-8/h4-12H,2-3H2,1H3/t4?,5?,6?,7-/m0/s1. The lowest BCUT2D eigenvalue weighted by Gasteiger charge is -2.24. The summed E-state index contributed by atoms with van der Waals surface area (Å²) in [5, 5.41) is 44.3. The van der Waals surface area contributed by atoms with E-state index >= 15 is 0 Å². The molecule has 0 aliphatic rings. The zero-order valence-corrected chi connectivity index (χ0v) is 7.37. The Labute approximate surface area is 76.0 Å². The van der Waals surface area contributed by atoms with Crippen LogP contribution in [0, 0.1) is 0 Å². The summed E-state index contributed by atoms with van der Waals surface area (Å²) in [5.74, 6) is 0. The Hall–Kier alpha value is -0.240. The third-order valence-electron chi connectivity index (χ3n) is 1.52. The molecular formula is C7H16O6. The average molecular weight is 196 g/mol. The molecule has 0 saturated carbocycles. The van der Waals surface area contributed by atoms with Crippen molar-refractivity contribution in [2.24, 2.45) is 0 Å². The van der Waals surface area contributed by atoms with E-state index in [9.17, 15) is 0 Å². The monoisotopic (exact) mass is 196 g/mol. The summed E-state index contributed by atoms with van der Waals surface area (Å²) in [6.07, 6.45) is -5.85. The quantitative estimate of drug-likeness (QED) is 0.298. The fourth-order valence-corrected chi connectivity index (χ4v) is 0.726. The first-order valence-corrected chi connectivity index (χ1v) is 3.95. The van der Waals surface area contributed by atoms with E-state index in [1.54, 1.807) is 0 Å². The molecule has 0 saturated heterocycles. The number of hydrogen-bond donors (Lipinski definition) is 5. The Morgan fingerprint density at radius 1 is 1.08 bits per heavy atom. The van der Waals surface area contributed by atoms with Gasteiger partial charge in [-0.1, -0.05) is 0 Å². The number of hydrogen-bond acceptors (Lipinski definition) is 6. The van der Waals surface area contributed by atoms with Gasteiger partial charge in [-0.25, -0.2) is 0 Å². The maximum absolute atomic E-state index is 9.12. The minimum absolute atomic E-state index is 0.148. The van der Waals surface area contributed by atoms with Crippen LogP contribution >= 0.6 is 0 Å². The number of rotatable bonds is 6. The third-order valence-corrected chi connectivity index (χ3v) is 1.52. The van der Waals surface area contributed by atoms with Crippen LogP contribution in [0.3, 0.4) is 0 Å². The van der Waals surface area contributed by atoms with Gasteiger partial charge in [0.05, 0.1) is 19.3 Å². The van der Waals surface area contributed by atoms with Crippen LogP contribution in [0.4, 0.5) is 0 Å². The van der Waals surface area contributed by atoms with Gasteiger partial charge < -0.3 is 30.3 Å². The normalized spacial score (nSPS) is 20.8. The largest absolute Gasteiger partial charge is 0.394 e. The number of aliphatic hydroxyl groups is 5. The van der Waals surface area contributed by atoms with Crippen molar-refractivity contribution >= 4 is 0 Å². The van der Waals surface area contributed by atoms with Gasteiger partial charge in [-0.15, -0.1) is 0 Å². The summed E-state index contributed by atoms with van der Waals surface area (Å²) in [6.45, 7) is 0.825. The van der Waals surface area contributed by atoms with E-state index in [1.807, 2.05) is 0 Å². The molecule has 0 bridgehead atoms. The summed E-state index contributed by atoms with van der Waals surface area (Å²) in [6, 6.07) is 0. The molecule has 0 rings (SSSR count). The molecule has 4 atom stereocenters. The van der Waals surface area contributed by atoms with Crippen molar-refractivity contribution < 1.29 is 30.3 Å². The molecule has 80 valence electrons. The highest BCUT2D eigenvalue weighted by molar-refractivity contribution is 4.74. The van der Waals surface area contributed by atoms with Gasteiger partial charge in [-0.2, -0.15) is 0 Å². The first-order valence-electron chi connectivity index (χ1n) is 3.95. The molecule has 0 heterocycles. The molecule has 0 aromatic rings. The van der Waals surface area contributed by atoms with Crippen molar-refractivity contribution in [2.45, 2.75) is 31.5 Å². The minimum atomic E-state index is -1.61. The van der Waals surface area contributed by atoms with Gasteiger partial charge in [0.2, 0.25) is 0 Å². The van der Waals surface area contributed by atoms with E-state index in [1.165, 1.54) is 6.92 Å². The molecule has 0 radical (unpaired) electrons. The van der Waals surface area contributed by atoms with E-state index < -0.39 is 24.6 Å². The lowest BCUT2D eigenvalue weighted by atomic mass is 10.1. The van der Waals surface area contributed by atoms with E-state index in [-0.39, 0.29) is 13.2 Å². The maximum Gasteiger partial charge on any atom is 0.183 e. The highest BCUT2D eigenvalue weighted by Gasteiger charge is 2.28. The van der Waals surface area contributed by atoms with Crippen LogP contribution in [0.1, 0.15) is 6.92 Å². The second-order valence-corrected chi connectivity index (χ2v) is 2.71. The second-order valence-electron chi connectivity index (χ2n) is 2.71. The highest BCUT2D eigenvalue weighted by Crippen LogP contribution is 2.05. The van der Waals surface area contributed by atoms with Crippen molar-refractivity contribution in [3.8, 4) is 0 Å². The van der Waals surface area contributed by atoms with Gasteiger partial charge in [-0.3, -0.25) is 0 Å². The van der Waals surface area contributed by atoms with Gasteiger partial charge >= 0.3 is 0 Å². The molecule has 0 aromatic carbocycles. The first-order chi connectivity index (χ1) is 6.00. The van der Waals surface area contributed by atoms with E-state index in [4.69, 9.17) is 25.5 Å². The molecule has 5 N–H and O–H groups in total. The molecule has 0 spiro atoms. The number of aliphatic hydroxyl groups excluding tert-OH is 5. The molecule has 0 aliphatic heterocycles. The third kappa shape index (κ3) is 4.51. The molecule has 13 heavy (non-hydrogen) atoms. The molecule has 0 aromatic heterocycles. The van der Waals surface area contributed by atoms with Gasteiger partial charge in [0.1, 0.15) is 12.2 Å². The van der Waals surface area contributed by atoms with Crippen molar-refractivity contribution in [3.63, 3.8) is 0 Å². The molecule has 6 heteroatoms. The lowest BCUT2D eigenvalue weighted by Crippen LogP contribution is -2.44. The Morgan fingerprint density at radius 2 is 1.62 bits per heavy atom. The van der Waals surface area contributed by atoms with Crippen molar-refractivity contribution in [2.75, 3.05) is 13.2 Å². The summed E-state index contributed by atoms with van der Waals surface area (Å²) in [4.78, 5) is 0. The smallest absolute Gasteiger partial charge is 0.183 e. The molecule has 6 nitrogen and oxygen atoms in total. The molecule has 0 aliphatic carbocycles. The van der Waals surface area contributed by atoms with Crippen LogP contribution in [0.15, 0.2) is 0 Å². The summed E-state index contributed by atoms with van der Waals surface area (Å²) < 4.78 is 4.51. The van der Waals surface area contributed by atoms with Crippen molar-refractivity contribution in [1.82, 2.24) is 0 Å². The zero-order valence-electron chi connectivity index (χ0n) is 7.37. The van der Waals surface area contributed by atoms with Gasteiger partial charge in [0, 0.05) is 0 Å². The average Bonchev–Trinajstić information content (AvgIpc) is 2.11. The molecule has 0 amide bonds. The van der Waals surface area contributed by atoms with Crippen LogP contribution in [0.25, 0.3) is 0 Å². The SMILES string of the molecule is CC(O)C(O)C(O)[C@@H](O)OCCO. The topological polar surface area (TPSA) is 110 Å². The fraction of sp³-hybridized carbons (Fsp3) is 1.00. The lowest BCUT2D eigenvalue weighted by molar-refractivity contribution is -0.203. The summed E-state index contributed by atoms with van der Waals surface area (Å²) in [5.41, 5.74) is 0. The van der Waals surface area contributed by atoms with Gasteiger partial charge in [-0.05, 0) is 6.92 Å².